The van der Waals surface area contributed by atoms with E-state index >= 15 is 0 Å². The molecule has 0 aliphatic heterocycles. The summed E-state index contributed by atoms with van der Waals surface area (Å²) in [5.74, 6) is 0.752. The molecule has 528 valence electrons. The van der Waals surface area contributed by atoms with Crippen LogP contribution in [0, 0.1) is 23.7 Å². The number of phosphoric acid groups is 2. The first-order chi connectivity index (χ1) is 42.6. The fourth-order valence-electron chi connectivity index (χ4n) is 10.5. The number of rotatable bonds is 67. The lowest BCUT2D eigenvalue weighted by Gasteiger charge is -2.21. The highest BCUT2D eigenvalue weighted by Gasteiger charge is 2.30. The summed E-state index contributed by atoms with van der Waals surface area (Å²) in [5.41, 5.74) is 0. The van der Waals surface area contributed by atoms with Crippen LogP contribution in [0.1, 0.15) is 344 Å². The summed E-state index contributed by atoms with van der Waals surface area (Å²) in [6.07, 6.45) is 42.3. The van der Waals surface area contributed by atoms with Gasteiger partial charge in [-0.3, -0.25) is 37.3 Å². The first kappa shape index (κ1) is 87.1. The van der Waals surface area contributed by atoms with Crippen LogP contribution in [-0.4, -0.2) is 96.7 Å². The standard InChI is InChI=1S/C70H136O17P2/c1-9-63(8)49-41-33-26-29-37-45-53-70(75)87-65(56-80-67(72)50-42-34-23-21-19-17-15-13-11-10-12-14-16-18-20-22-30-38-46-60(2)3)58-84-88(76,77)82-54-64(71)55-83-89(78,79)85-59-66(86-69(74)52-44-36-28-25-32-40-48-62(6)7)57-81-68(73)51-43-35-27-24-31-39-47-61(4)5/h60-66,71H,9-59H2,1-8H3,(H,76,77)(H,78,79)/t63?,64-,65-,66-/m1/s1. The van der Waals surface area contributed by atoms with Crippen LogP contribution >= 0.6 is 15.6 Å². The van der Waals surface area contributed by atoms with E-state index in [2.05, 4.69) is 55.4 Å². The topological polar surface area (TPSA) is 237 Å². The third kappa shape index (κ3) is 63.2. The van der Waals surface area contributed by atoms with Gasteiger partial charge >= 0.3 is 39.5 Å². The Morgan fingerprint density at radius 2 is 0.539 bits per heavy atom. The lowest BCUT2D eigenvalue weighted by molar-refractivity contribution is -0.161. The Labute approximate surface area is 543 Å². The lowest BCUT2D eigenvalue weighted by Crippen LogP contribution is -2.30. The smallest absolute Gasteiger partial charge is 0.462 e. The minimum Gasteiger partial charge on any atom is -0.462 e. The van der Waals surface area contributed by atoms with E-state index in [0.29, 0.717) is 37.5 Å². The first-order valence-corrected chi connectivity index (χ1v) is 39.2. The molecule has 6 atom stereocenters. The van der Waals surface area contributed by atoms with E-state index in [1.807, 2.05) is 0 Å². The average molecular weight is 1310 g/mol. The Morgan fingerprint density at radius 3 is 0.798 bits per heavy atom. The summed E-state index contributed by atoms with van der Waals surface area (Å²) in [6.45, 7) is 13.9. The van der Waals surface area contributed by atoms with Crippen LogP contribution in [0.3, 0.4) is 0 Å². The van der Waals surface area contributed by atoms with Gasteiger partial charge in [0, 0.05) is 25.7 Å². The van der Waals surface area contributed by atoms with Crippen LogP contribution in [0.2, 0.25) is 0 Å². The third-order valence-corrected chi connectivity index (χ3v) is 18.3. The number of aliphatic hydroxyl groups excluding tert-OH is 1. The second kappa shape index (κ2) is 59.8. The highest BCUT2D eigenvalue weighted by Crippen LogP contribution is 2.45. The van der Waals surface area contributed by atoms with E-state index in [1.165, 1.54) is 141 Å². The van der Waals surface area contributed by atoms with E-state index in [0.717, 1.165) is 108 Å². The summed E-state index contributed by atoms with van der Waals surface area (Å²) < 4.78 is 68.1. The Kier molecular flexibility index (Phi) is 58.5. The van der Waals surface area contributed by atoms with Crippen molar-refractivity contribution in [2.75, 3.05) is 39.6 Å². The molecular formula is C70H136O17P2. The van der Waals surface area contributed by atoms with Gasteiger partial charge in [0.1, 0.15) is 19.3 Å². The van der Waals surface area contributed by atoms with E-state index in [1.54, 1.807) is 0 Å². The van der Waals surface area contributed by atoms with E-state index in [4.69, 9.17) is 37.0 Å². The summed E-state index contributed by atoms with van der Waals surface area (Å²) in [4.78, 5) is 72.3. The summed E-state index contributed by atoms with van der Waals surface area (Å²) >= 11 is 0. The van der Waals surface area contributed by atoms with E-state index in [9.17, 15) is 43.2 Å². The van der Waals surface area contributed by atoms with Crippen molar-refractivity contribution in [1.82, 2.24) is 0 Å². The Hall–Kier alpha value is -1.94. The number of hydrogen-bond donors (Lipinski definition) is 3. The lowest BCUT2D eigenvalue weighted by atomic mass is 10.00. The predicted octanol–water partition coefficient (Wildman–Crippen LogP) is 19.7. The molecule has 0 aromatic rings. The molecule has 0 aromatic carbocycles. The minimum atomic E-state index is -4.95. The maximum Gasteiger partial charge on any atom is 0.472 e. The molecule has 17 nitrogen and oxygen atoms in total. The molecule has 0 aliphatic carbocycles. The van der Waals surface area contributed by atoms with Gasteiger partial charge in [0.25, 0.3) is 0 Å². The van der Waals surface area contributed by atoms with Gasteiger partial charge in [-0.15, -0.1) is 0 Å². The molecule has 89 heavy (non-hydrogen) atoms. The van der Waals surface area contributed by atoms with Crippen LogP contribution in [0.15, 0.2) is 0 Å². The van der Waals surface area contributed by atoms with Gasteiger partial charge in [0.2, 0.25) is 0 Å². The molecule has 0 radical (unpaired) electrons. The van der Waals surface area contributed by atoms with Crippen LogP contribution in [0.4, 0.5) is 0 Å². The Balaban J connectivity index is 5.11. The molecule has 0 aromatic heterocycles. The molecule has 0 amide bonds. The Morgan fingerprint density at radius 1 is 0.315 bits per heavy atom. The molecule has 0 aliphatic rings. The van der Waals surface area contributed by atoms with Crippen molar-refractivity contribution < 1.29 is 80.2 Å². The molecule has 0 saturated heterocycles. The van der Waals surface area contributed by atoms with Gasteiger partial charge < -0.3 is 33.8 Å². The molecule has 19 heteroatoms. The van der Waals surface area contributed by atoms with Crippen molar-refractivity contribution in [2.24, 2.45) is 23.7 Å². The second-order valence-electron chi connectivity index (χ2n) is 26.9. The summed E-state index contributed by atoms with van der Waals surface area (Å²) in [7, 11) is -9.90. The van der Waals surface area contributed by atoms with Gasteiger partial charge in [-0.05, 0) is 49.4 Å². The van der Waals surface area contributed by atoms with Crippen molar-refractivity contribution in [3.8, 4) is 0 Å². The van der Waals surface area contributed by atoms with Gasteiger partial charge in [-0.25, -0.2) is 9.13 Å². The minimum absolute atomic E-state index is 0.100. The van der Waals surface area contributed by atoms with Gasteiger partial charge in [0.05, 0.1) is 26.4 Å². The van der Waals surface area contributed by atoms with Crippen molar-refractivity contribution in [2.45, 2.75) is 363 Å². The normalized spacial score (nSPS) is 14.6. The quantitative estimate of drug-likeness (QED) is 0.0222. The largest absolute Gasteiger partial charge is 0.472 e. The highest BCUT2D eigenvalue weighted by atomic mass is 31.2. The average Bonchev–Trinajstić information content (AvgIpc) is 3.57. The number of esters is 4. The number of hydrogen-bond acceptors (Lipinski definition) is 15. The number of phosphoric ester groups is 2. The van der Waals surface area contributed by atoms with Crippen LogP contribution in [0.5, 0.6) is 0 Å². The monoisotopic (exact) mass is 1310 g/mol. The molecule has 0 saturated carbocycles. The van der Waals surface area contributed by atoms with Crippen LogP contribution in [-0.2, 0) is 65.4 Å². The fourth-order valence-corrected chi connectivity index (χ4v) is 12.0. The maximum absolute atomic E-state index is 13.0. The number of ether oxygens (including phenoxy) is 4. The molecule has 3 N–H and O–H groups in total. The van der Waals surface area contributed by atoms with Gasteiger partial charge in [0.15, 0.2) is 12.2 Å². The zero-order valence-corrected chi connectivity index (χ0v) is 59.8. The second-order valence-corrected chi connectivity index (χ2v) is 29.8. The molecule has 3 unspecified atom stereocenters. The zero-order valence-electron chi connectivity index (χ0n) is 58.1. The van der Waals surface area contributed by atoms with E-state index in [-0.39, 0.29) is 25.7 Å². The van der Waals surface area contributed by atoms with Crippen molar-refractivity contribution in [1.29, 1.82) is 0 Å². The molecule has 0 fully saturated rings. The molecule has 0 rings (SSSR count). The predicted molar refractivity (Wildman–Crippen MR) is 358 cm³/mol. The third-order valence-electron chi connectivity index (χ3n) is 16.4. The zero-order chi connectivity index (χ0) is 66.1. The SMILES string of the molecule is CCC(C)CCCCCCCCC(=O)O[C@H](COC(=O)CCCCCCCCCCCCCCCCCCCCC(C)C)COP(=O)(O)OC[C@@H](O)COP(=O)(O)OC[C@@H](COC(=O)CCCCCCCCC(C)C)OC(=O)CCCCCCCCC(C)C. The number of carbonyl (C=O) groups is 4. The number of carbonyl (C=O) groups excluding carboxylic acids is 4. The van der Waals surface area contributed by atoms with Crippen molar-refractivity contribution in [3.05, 3.63) is 0 Å². The van der Waals surface area contributed by atoms with Crippen molar-refractivity contribution >= 4 is 39.5 Å². The molecule has 0 heterocycles. The maximum atomic E-state index is 13.0. The highest BCUT2D eigenvalue weighted by molar-refractivity contribution is 7.47. The first-order valence-electron chi connectivity index (χ1n) is 36.2. The fraction of sp³-hybridized carbons (Fsp3) is 0.943. The summed E-state index contributed by atoms with van der Waals surface area (Å²) in [5, 5.41) is 10.6. The van der Waals surface area contributed by atoms with Crippen molar-refractivity contribution in [3.63, 3.8) is 0 Å². The molecule has 0 bridgehead atoms. The van der Waals surface area contributed by atoms with Crippen LogP contribution in [0.25, 0.3) is 0 Å². The van der Waals surface area contributed by atoms with Gasteiger partial charge in [-0.1, -0.05) is 293 Å². The Bertz CT molecular complexity index is 1770. The molecule has 0 spiro atoms. The van der Waals surface area contributed by atoms with Gasteiger partial charge in [-0.2, -0.15) is 0 Å². The number of aliphatic hydroxyl groups is 1. The van der Waals surface area contributed by atoms with E-state index < -0.39 is 97.5 Å². The molecular weight excluding hydrogens is 1170 g/mol. The number of unbranched alkanes of at least 4 members (excludes halogenated alkanes) is 32. The van der Waals surface area contributed by atoms with Crippen LogP contribution < -0.4 is 0 Å². The summed E-state index contributed by atoms with van der Waals surface area (Å²) in [6, 6.07) is 0.